The van der Waals surface area contributed by atoms with E-state index < -0.39 is 5.82 Å². The zero-order valence-corrected chi connectivity index (χ0v) is 13.0. The van der Waals surface area contributed by atoms with Crippen LogP contribution in [0, 0.1) is 11.7 Å². The van der Waals surface area contributed by atoms with Gasteiger partial charge in [0.1, 0.15) is 5.82 Å². The zero-order chi connectivity index (χ0) is 16.8. The van der Waals surface area contributed by atoms with E-state index in [0.29, 0.717) is 18.7 Å². The maximum Gasteiger partial charge on any atom is 0.251 e. The molecule has 0 aromatic heterocycles. The Hall–Kier alpha value is -2.44. The number of rotatable bonds is 6. The van der Waals surface area contributed by atoms with Crippen molar-refractivity contribution in [3.8, 4) is 0 Å². The molecule has 0 radical (unpaired) electrons. The lowest BCUT2D eigenvalue weighted by Crippen LogP contribution is -2.38. The summed E-state index contributed by atoms with van der Waals surface area (Å²) < 4.78 is 12.8. The van der Waals surface area contributed by atoms with Gasteiger partial charge in [-0.1, -0.05) is 0 Å². The maximum atomic E-state index is 12.8. The molecule has 0 aliphatic carbocycles. The fourth-order valence-corrected chi connectivity index (χ4v) is 2.46. The van der Waals surface area contributed by atoms with Gasteiger partial charge in [-0.2, -0.15) is 0 Å². The molecule has 1 aliphatic heterocycles. The number of likely N-dealkylation sites (tertiary alicyclic amines) is 1. The fourth-order valence-electron chi connectivity index (χ4n) is 2.46. The molecule has 1 atom stereocenters. The second-order valence-electron chi connectivity index (χ2n) is 5.39. The highest BCUT2D eigenvalue weighted by molar-refractivity contribution is 5.94. The Morgan fingerprint density at radius 1 is 1.22 bits per heavy atom. The van der Waals surface area contributed by atoms with Gasteiger partial charge in [0.05, 0.1) is 5.92 Å². The first-order valence-corrected chi connectivity index (χ1v) is 7.60. The van der Waals surface area contributed by atoms with Gasteiger partial charge in [-0.3, -0.25) is 14.4 Å². The Morgan fingerprint density at radius 3 is 2.48 bits per heavy atom. The predicted octanol–water partition coefficient (Wildman–Crippen LogP) is 0.540. The van der Waals surface area contributed by atoms with Crippen molar-refractivity contribution >= 4 is 17.7 Å². The lowest BCUT2D eigenvalue weighted by Gasteiger charge is -2.13. The first-order chi connectivity index (χ1) is 11.0. The van der Waals surface area contributed by atoms with E-state index in [2.05, 4.69) is 10.6 Å². The van der Waals surface area contributed by atoms with Crippen molar-refractivity contribution in [1.29, 1.82) is 0 Å². The van der Waals surface area contributed by atoms with Gasteiger partial charge in [0.2, 0.25) is 11.8 Å². The summed E-state index contributed by atoms with van der Waals surface area (Å²) in [7, 11) is 0. The predicted molar refractivity (Wildman–Crippen MR) is 82.1 cm³/mol. The van der Waals surface area contributed by atoms with Crippen molar-refractivity contribution < 1.29 is 18.8 Å². The van der Waals surface area contributed by atoms with Crippen molar-refractivity contribution in [2.45, 2.75) is 13.3 Å². The summed E-state index contributed by atoms with van der Waals surface area (Å²) in [6.07, 6.45) is 0.238. The van der Waals surface area contributed by atoms with Gasteiger partial charge < -0.3 is 15.5 Å². The largest absolute Gasteiger partial charge is 0.354 e. The van der Waals surface area contributed by atoms with Crippen LogP contribution >= 0.6 is 0 Å². The zero-order valence-electron chi connectivity index (χ0n) is 13.0. The summed E-state index contributed by atoms with van der Waals surface area (Å²) in [5.41, 5.74) is 0.359. The van der Waals surface area contributed by atoms with Gasteiger partial charge in [0.25, 0.3) is 5.91 Å². The molecule has 1 saturated heterocycles. The third-order valence-corrected chi connectivity index (χ3v) is 3.78. The number of benzene rings is 1. The lowest BCUT2D eigenvalue weighted by molar-refractivity contribution is -0.128. The molecule has 23 heavy (non-hydrogen) atoms. The molecule has 124 valence electrons. The van der Waals surface area contributed by atoms with Crippen molar-refractivity contribution in [3.63, 3.8) is 0 Å². The summed E-state index contributed by atoms with van der Waals surface area (Å²) in [5, 5.41) is 5.35. The van der Waals surface area contributed by atoms with E-state index in [4.69, 9.17) is 0 Å². The molecule has 0 saturated carbocycles. The molecule has 0 unspecified atom stereocenters. The summed E-state index contributed by atoms with van der Waals surface area (Å²) >= 11 is 0. The van der Waals surface area contributed by atoms with Crippen LogP contribution in [0.2, 0.25) is 0 Å². The summed E-state index contributed by atoms with van der Waals surface area (Å²) in [4.78, 5) is 37.0. The van der Waals surface area contributed by atoms with Crippen molar-refractivity contribution in [3.05, 3.63) is 35.6 Å². The van der Waals surface area contributed by atoms with Crippen LogP contribution in [0.15, 0.2) is 24.3 Å². The second kappa shape index (κ2) is 7.71. The molecule has 0 spiro atoms. The van der Waals surface area contributed by atoms with Crippen LogP contribution in [0.1, 0.15) is 23.7 Å². The second-order valence-corrected chi connectivity index (χ2v) is 5.39. The van der Waals surface area contributed by atoms with Crippen LogP contribution in [-0.4, -0.2) is 48.8 Å². The van der Waals surface area contributed by atoms with E-state index in [1.807, 2.05) is 6.92 Å². The van der Waals surface area contributed by atoms with Gasteiger partial charge in [0, 0.05) is 38.2 Å². The molecule has 1 heterocycles. The van der Waals surface area contributed by atoms with Gasteiger partial charge in [0.15, 0.2) is 0 Å². The lowest BCUT2D eigenvalue weighted by atomic mass is 10.1. The average molecular weight is 321 g/mol. The average Bonchev–Trinajstić information content (AvgIpc) is 2.93. The fraction of sp³-hybridized carbons (Fsp3) is 0.438. The van der Waals surface area contributed by atoms with Gasteiger partial charge in [-0.05, 0) is 31.2 Å². The summed E-state index contributed by atoms with van der Waals surface area (Å²) in [6, 6.07) is 5.22. The van der Waals surface area contributed by atoms with Crippen LogP contribution in [0.25, 0.3) is 0 Å². The molecule has 0 bridgehead atoms. The molecule has 2 rings (SSSR count). The van der Waals surface area contributed by atoms with Crippen LogP contribution in [-0.2, 0) is 9.59 Å². The number of carbonyl (C=O) groups is 3. The minimum atomic E-state index is -0.402. The van der Waals surface area contributed by atoms with Crippen LogP contribution in [0.5, 0.6) is 0 Å². The number of amides is 3. The van der Waals surface area contributed by atoms with Gasteiger partial charge in [-0.15, -0.1) is 0 Å². The SMILES string of the molecule is CCN1C[C@@H](C(=O)NCCNC(=O)c2ccc(F)cc2)CC1=O. The normalized spacial score (nSPS) is 17.2. The highest BCUT2D eigenvalue weighted by Gasteiger charge is 2.32. The third-order valence-electron chi connectivity index (χ3n) is 3.78. The summed E-state index contributed by atoms with van der Waals surface area (Å²) in [5.74, 6) is -1.23. The van der Waals surface area contributed by atoms with E-state index in [1.54, 1.807) is 4.90 Å². The Balaban J connectivity index is 1.69. The van der Waals surface area contributed by atoms with Crippen LogP contribution in [0.3, 0.4) is 0 Å². The summed E-state index contributed by atoms with van der Waals surface area (Å²) in [6.45, 7) is 3.48. The van der Waals surface area contributed by atoms with E-state index in [-0.39, 0.29) is 43.1 Å². The molecule has 2 N–H and O–H groups in total. The minimum absolute atomic E-state index is 0.00253. The minimum Gasteiger partial charge on any atom is -0.354 e. The highest BCUT2D eigenvalue weighted by atomic mass is 19.1. The number of nitrogens with one attached hydrogen (secondary N) is 2. The number of halogens is 1. The van der Waals surface area contributed by atoms with Gasteiger partial charge in [-0.25, -0.2) is 4.39 Å². The molecule has 3 amide bonds. The smallest absolute Gasteiger partial charge is 0.251 e. The Morgan fingerprint density at radius 2 is 1.87 bits per heavy atom. The molecule has 1 aliphatic rings. The molecule has 1 fully saturated rings. The number of hydrogen-bond donors (Lipinski definition) is 2. The molecular weight excluding hydrogens is 301 g/mol. The molecule has 7 heteroatoms. The number of nitrogens with zero attached hydrogens (tertiary/aromatic N) is 1. The highest BCUT2D eigenvalue weighted by Crippen LogP contribution is 2.17. The topological polar surface area (TPSA) is 78.5 Å². The van der Waals surface area contributed by atoms with Crippen LogP contribution in [0.4, 0.5) is 4.39 Å². The van der Waals surface area contributed by atoms with E-state index in [9.17, 15) is 18.8 Å². The maximum absolute atomic E-state index is 12.8. The first kappa shape index (κ1) is 16.9. The van der Waals surface area contributed by atoms with E-state index in [1.165, 1.54) is 24.3 Å². The van der Waals surface area contributed by atoms with E-state index >= 15 is 0 Å². The van der Waals surface area contributed by atoms with Crippen LogP contribution < -0.4 is 10.6 Å². The molecule has 6 nitrogen and oxygen atoms in total. The molecule has 1 aromatic carbocycles. The number of hydrogen-bond acceptors (Lipinski definition) is 3. The Labute approximate surface area is 134 Å². The standard InChI is InChI=1S/C16H20FN3O3/c1-2-20-10-12(9-14(20)21)16(23)19-8-7-18-15(22)11-3-5-13(17)6-4-11/h3-6,12H,2,7-10H2,1H3,(H,18,22)(H,19,23)/t12-/m0/s1. The monoisotopic (exact) mass is 321 g/mol. The Bertz CT molecular complexity index is 589. The Kier molecular flexibility index (Phi) is 5.67. The van der Waals surface area contributed by atoms with Crippen molar-refractivity contribution in [2.75, 3.05) is 26.2 Å². The van der Waals surface area contributed by atoms with E-state index in [0.717, 1.165) is 0 Å². The van der Waals surface area contributed by atoms with Crippen molar-refractivity contribution in [1.82, 2.24) is 15.5 Å². The molecular formula is C16H20FN3O3. The first-order valence-electron chi connectivity index (χ1n) is 7.60. The molecule has 1 aromatic rings. The quantitative estimate of drug-likeness (QED) is 0.751. The number of carbonyl (C=O) groups excluding carboxylic acids is 3. The third kappa shape index (κ3) is 4.51. The van der Waals surface area contributed by atoms with Gasteiger partial charge >= 0.3 is 0 Å². The van der Waals surface area contributed by atoms with Crippen molar-refractivity contribution in [2.24, 2.45) is 5.92 Å².